The summed E-state index contributed by atoms with van der Waals surface area (Å²) in [6.45, 7) is 1.91. The topological polar surface area (TPSA) is 98.3 Å². The molecule has 0 saturated carbocycles. The highest BCUT2D eigenvalue weighted by Crippen LogP contribution is 2.29. The fraction of sp³-hybridized carbons (Fsp3) is 0.0476. The molecule has 4 aromatic rings. The lowest BCUT2D eigenvalue weighted by molar-refractivity contribution is -0.385. The number of anilines is 1. The van der Waals surface area contributed by atoms with Gasteiger partial charge in [0.15, 0.2) is 5.58 Å². The first-order valence-electron chi connectivity index (χ1n) is 8.64. The van der Waals surface area contributed by atoms with Crippen molar-refractivity contribution < 1.29 is 14.1 Å². The molecule has 1 N–H and O–H groups in total. The van der Waals surface area contributed by atoms with Crippen molar-refractivity contribution in [2.75, 3.05) is 5.32 Å². The van der Waals surface area contributed by atoms with E-state index >= 15 is 0 Å². The summed E-state index contributed by atoms with van der Waals surface area (Å²) in [6.07, 6.45) is 0. The number of carbonyl (C=O) groups is 1. The van der Waals surface area contributed by atoms with Gasteiger partial charge >= 0.3 is 0 Å². The molecule has 0 aliphatic rings. The molecule has 7 nitrogen and oxygen atoms in total. The number of hydrogen-bond donors (Lipinski definition) is 1. The molecule has 0 atom stereocenters. The number of nitro benzene ring substituents is 1. The van der Waals surface area contributed by atoms with Crippen LogP contribution in [0.2, 0.25) is 5.02 Å². The van der Waals surface area contributed by atoms with Crippen molar-refractivity contribution in [3.63, 3.8) is 0 Å². The molecule has 29 heavy (non-hydrogen) atoms. The van der Waals surface area contributed by atoms with Crippen molar-refractivity contribution in [3.05, 3.63) is 86.9 Å². The molecular weight excluding hydrogens is 394 g/mol. The van der Waals surface area contributed by atoms with Gasteiger partial charge in [0, 0.05) is 22.3 Å². The minimum atomic E-state index is -0.589. The Kier molecular flexibility index (Phi) is 4.74. The van der Waals surface area contributed by atoms with Gasteiger partial charge in [-0.25, -0.2) is 4.98 Å². The number of nitro groups is 1. The van der Waals surface area contributed by atoms with Crippen molar-refractivity contribution in [1.29, 1.82) is 0 Å². The van der Waals surface area contributed by atoms with Crippen LogP contribution in [0.4, 0.5) is 11.4 Å². The van der Waals surface area contributed by atoms with Crippen LogP contribution in [0.15, 0.2) is 65.1 Å². The number of nitrogens with one attached hydrogen (secondary N) is 1. The Bertz CT molecular complexity index is 1270. The zero-order valence-electron chi connectivity index (χ0n) is 15.2. The van der Waals surface area contributed by atoms with Crippen LogP contribution in [0, 0.1) is 17.0 Å². The van der Waals surface area contributed by atoms with Crippen molar-refractivity contribution in [3.8, 4) is 11.5 Å². The van der Waals surface area contributed by atoms with E-state index in [2.05, 4.69) is 10.3 Å². The van der Waals surface area contributed by atoms with Gasteiger partial charge in [-0.1, -0.05) is 29.8 Å². The molecule has 0 spiro atoms. The van der Waals surface area contributed by atoms with E-state index in [9.17, 15) is 14.9 Å². The molecule has 0 unspecified atom stereocenters. The molecule has 1 aromatic heterocycles. The maximum Gasteiger partial charge on any atom is 0.282 e. The first kappa shape index (κ1) is 18.6. The quantitative estimate of drug-likeness (QED) is 0.350. The second-order valence-corrected chi connectivity index (χ2v) is 6.80. The number of aryl methyl sites for hydroxylation is 1. The van der Waals surface area contributed by atoms with Crippen LogP contribution in [-0.4, -0.2) is 15.8 Å². The van der Waals surface area contributed by atoms with E-state index in [1.54, 1.807) is 30.3 Å². The molecule has 144 valence electrons. The lowest BCUT2D eigenvalue weighted by Gasteiger charge is -2.05. The Labute approximate surface area is 170 Å². The average molecular weight is 408 g/mol. The summed E-state index contributed by atoms with van der Waals surface area (Å²) in [6, 6.07) is 16.3. The van der Waals surface area contributed by atoms with Gasteiger partial charge in [-0.05, 0) is 48.9 Å². The van der Waals surface area contributed by atoms with Gasteiger partial charge in [0.1, 0.15) is 11.1 Å². The number of aromatic nitrogens is 1. The number of fused-ring (bicyclic) bond motifs is 1. The molecular formula is C21H14ClN3O4. The van der Waals surface area contributed by atoms with Crippen molar-refractivity contribution in [2.45, 2.75) is 6.92 Å². The lowest BCUT2D eigenvalue weighted by Crippen LogP contribution is -2.13. The van der Waals surface area contributed by atoms with Gasteiger partial charge in [-0.3, -0.25) is 14.9 Å². The summed E-state index contributed by atoms with van der Waals surface area (Å²) in [5.41, 5.74) is 2.94. The van der Waals surface area contributed by atoms with Crippen LogP contribution in [0.3, 0.4) is 0 Å². The third-order valence-corrected chi connectivity index (χ3v) is 4.82. The van der Waals surface area contributed by atoms with E-state index in [4.69, 9.17) is 16.0 Å². The predicted octanol–water partition coefficient (Wildman–Crippen LogP) is 5.62. The van der Waals surface area contributed by atoms with E-state index in [0.717, 1.165) is 11.1 Å². The monoisotopic (exact) mass is 407 g/mol. The van der Waals surface area contributed by atoms with E-state index in [-0.39, 0.29) is 11.3 Å². The number of rotatable bonds is 4. The summed E-state index contributed by atoms with van der Waals surface area (Å²) in [5, 5.41) is 14.4. The highest BCUT2D eigenvalue weighted by Gasteiger charge is 2.19. The van der Waals surface area contributed by atoms with Gasteiger partial charge < -0.3 is 9.73 Å². The largest absolute Gasteiger partial charge is 0.436 e. The summed E-state index contributed by atoms with van der Waals surface area (Å²) in [7, 11) is 0. The summed E-state index contributed by atoms with van der Waals surface area (Å²) < 4.78 is 5.77. The fourth-order valence-electron chi connectivity index (χ4n) is 2.88. The smallest absolute Gasteiger partial charge is 0.282 e. The van der Waals surface area contributed by atoms with Crippen LogP contribution in [-0.2, 0) is 0 Å². The van der Waals surface area contributed by atoms with Crippen LogP contribution in [0.5, 0.6) is 0 Å². The zero-order valence-corrected chi connectivity index (χ0v) is 15.9. The van der Waals surface area contributed by atoms with Gasteiger partial charge in [-0.15, -0.1) is 0 Å². The summed E-state index contributed by atoms with van der Waals surface area (Å²) in [5.74, 6) is -0.172. The molecule has 0 saturated heterocycles. The van der Waals surface area contributed by atoms with Gasteiger partial charge in [0.25, 0.3) is 11.6 Å². The maximum atomic E-state index is 12.5. The van der Waals surface area contributed by atoms with E-state index < -0.39 is 10.8 Å². The third kappa shape index (κ3) is 3.68. The zero-order chi connectivity index (χ0) is 20.5. The minimum Gasteiger partial charge on any atom is -0.436 e. The molecule has 8 heteroatoms. The molecule has 0 bridgehead atoms. The Balaban J connectivity index is 1.63. The van der Waals surface area contributed by atoms with Crippen molar-refractivity contribution in [1.82, 2.24) is 4.98 Å². The standard InChI is InChI=1S/C21H14ClN3O4/c1-12-6-7-13(10-16(12)22)21-24-17-11-14(8-9-19(17)29-21)23-20(26)15-4-2-3-5-18(15)25(27)28/h2-11H,1H3,(H,23,26). The van der Waals surface area contributed by atoms with Crippen LogP contribution < -0.4 is 5.32 Å². The minimum absolute atomic E-state index is 0.0206. The number of nitrogens with zero attached hydrogens (tertiary/aromatic N) is 2. The molecule has 0 aliphatic carbocycles. The van der Waals surface area contributed by atoms with Crippen molar-refractivity contribution >= 4 is 40.0 Å². The van der Waals surface area contributed by atoms with Crippen molar-refractivity contribution in [2.24, 2.45) is 0 Å². The average Bonchev–Trinajstić information content (AvgIpc) is 3.13. The molecule has 1 heterocycles. The van der Waals surface area contributed by atoms with Gasteiger partial charge in [-0.2, -0.15) is 0 Å². The Hall–Kier alpha value is -3.71. The third-order valence-electron chi connectivity index (χ3n) is 4.41. The van der Waals surface area contributed by atoms with Crippen LogP contribution >= 0.6 is 11.6 Å². The second kappa shape index (κ2) is 7.37. The Morgan fingerprint density at radius 2 is 1.93 bits per heavy atom. The number of halogens is 1. The van der Waals surface area contributed by atoms with Gasteiger partial charge in [0.05, 0.1) is 4.92 Å². The maximum absolute atomic E-state index is 12.5. The second-order valence-electron chi connectivity index (χ2n) is 6.39. The predicted molar refractivity (Wildman–Crippen MR) is 110 cm³/mol. The highest BCUT2D eigenvalue weighted by molar-refractivity contribution is 6.31. The fourth-order valence-corrected chi connectivity index (χ4v) is 3.06. The molecule has 1 amide bonds. The number of oxazole rings is 1. The Morgan fingerprint density at radius 1 is 1.14 bits per heavy atom. The normalized spacial score (nSPS) is 10.8. The van der Waals surface area contributed by atoms with Gasteiger partial charge in [0.2, 0.25) is 5.89 Å². The molecule has 4 rings (SSSR count). The lowest BCUT2D eigenvalue weighted by atomic mass is 10.1. The molecule has 3 aromatic carbocycles. The molecule has 0 radical (unpaired) electrons. The summed E-state index contributed by atoms with van der Waals surface area (Å²) >= 11 is 6.17. The SMILES string of the molecule is Cc1ccc(-c2nc3cc(NC(=O)c4ccccc4[N+](=O)[O-])ccc3o2)cc1Cl. The van der Waals surface area contributed by atoms with E-state index in [1.807, 2.05) is 19.1 Å². The first-order chi connectivity index (χ1) is 13.9. The summed E-state index contributed by atoms with van der Waals surface area (Å²) in [4.78, 5) is 27.5. The molecule has 0 aliphatic heterocycles. The highest BCUT2D eigenvalue weighted by atomic mass is 35.5. The van der Waals surface area contributed by atoms with Crippen LogP contribution in [0.1, 0.15) is 15.9 Å². The number of para-hydroxylation sites is 1. The van der Waals surface area contributed by atoms with E-state index in [1.165, 1.54) is 18.2 Å². The van der Waals surface area contributed by atoms with Crippen LogP contribution in [0.25, 0.3) is 22.6 Å². The molecule has 0 fully saturated rings. The number of carbonyl (C=O) groups excluding carboxylic acids is 1. The number of hydrogen-bond acceptors (Lipinski definition) is 5. The Morgan fingerprint density at radius 3 is 2.69 bits per heavy atom. The first-order valence-corrected chi connectivity index (χ1v) is 9.02. The number of benzene rings is 3. The van der Waals surface area contributed by atoms with E-state index in [0.29, 0.717) is 27.7 Å². The number of amides is 1.